The van der Waals surface area contributed by atoms with Gasteiger partial charge in [0.25, 0.3) is 17.7 Å². The maximum Gasteiger partial charge on any atom is 0.261 e. The van der Waals surface area contributed by atoms with Crippen molar-refractivity contribution >= 4 is 28.8 Å². The van der Waals surface area contributed by atoms with Crippen molar-refractivity contribution in [1.29, 1.82) is 0 Å². The van der Waals surface area contributed by atoms with Crippen LogP contribution in [0.4, 0.5) is 0 Å². The second-order valence-electron chi connectivity index (χ2n) is 8.67. The summed E-state index contributed by atoms with van der Waals surface area (Å²) in [7, 11) is 0. The van der Waals surface area contributed by atoms with E-state index in [4.69, 9.17) is 0 Å². The molecule has 0 unspecified atom stereocenters. The van der Waals surface area contributed by atoms with Crippen molar-refractivity contribution < 1.29 is 14.4 Å². The molecule has 0 atom stereocenters. The Labute approximate surface area is 203 Å². The molecule has 7 nitrogen and oxygen atoms in total. The van der Waals surface area contributed by atoms with E-state index >= 15 is 0 Å². The highest BCUT2D eigenvalue weighted by Gasteiger charge is 2.35. The van der Waals surface area contributed by atoms with Crippen molar-refractivity contribution in [2.24, 2.45) is 0 Å². The van der Waals surface area contributed by atoms with Crippen molar-refractivity contribution in [1.82, 2.24) is 19.8 Å². The third-order valence-corrected chi connectivity index (χ3v) is 6.39. The lowest BCUT2D eigenvalue weighted by molar-refractivity contribution is 0.0656. The Morgan fingerprint density at radius 1 is 0.886 bits per heavy atom. The number of aromatic nitrogens is 2. The van der Waals surface area contributed by atoms with Crippen molar-refractivity contribution in [2.75, 3.05) is 13.1 Å². The topological polar surface area (TPSA) is 84.3 Å². The Hall–Kier alpha value is -4.26. The second kappa shape index (κ2) is 9.54. The van der Waals surface area contributed by atoms with Crippen molar-refractivity contribution in [3.05, 3.63) is 101 Å². The average Bonchev–Trinajstić information content (AvgIpc) is 3.33. The monoisotopic (exact) mass is 466 g/mol. The van der Waals surface area contributed by atoms with Crippen LogP contribution in [0.15, 0.2) is 72.8 Å². The van der Waals surface area contributed by atoms with Crippen LogP contribution in [0.5, 0.6) is 0 Å². The largest absolute Gasteiger partial charge is 0.352 e. The number of hydrogen-bond acceptors (Lipinski definition) is 4. The Morgan fingerprint density at radius 2 is 1.63 bits per heavy atom. The molecule has 0 saturated heterocycles. The second-order valence-corrected chi connectivity index (χ2v) is 8.67. The van der Waals surface area contributed by atoms with Crippen LogP contribution in [-0.2, 0) is 13.0 Å². The summed E-state index contributed by atoms with van der Waals surface area (Å²) >= 11 is 0. The zero-order chi connectivity index (χ0) is 24.4. The molecule has 0 spiro atoms. The summed E-state index contributed by atoms with van der Waals surface area (Å²) in [6.45, 7) is 3.50. The molecule has 1 aromatic heterocycles. The van der Waals surface area contributed by atoms with Crippen LogP contribution in [-0.4, -0.2) is 45.3 Å². The summed E-state index contributed by atoms with van der Waals surface area (Å²) in [5.41, 5.74) is 4.11. The summed E-state index contributed by atoms with van der Waals surface area (Å²) < 4.78 is 2.14. The molecule has 4 aromatic rings. The molecule has 1 N–H and O–H groups in total. The zero-order valence-corrected chi connectivity index (χ0v) is 19.5. The lowest BCUT2D eigenvalue weighted by Gasteiger charge is -2.13. The molecule has 2 heterocycles. The minimum atomic E-state index is -0.349. The molecule has 0 fully saturated rings. The zero-order valence-electron chi connectivity index (χ0n) is 19.5. The summed E-state index contributed by atoms with van der Waals surface area (Å²) in [6, 6.07) is 22.4. The van der Waals surface area contributed by atoms with Gasteiger partial charge in [-0.05, 0) is 55.7 Å². The van der Waals surface area contributed by atoms with Crippen LogP contribution in [0.2, 0.25) is 0 Å². The first-order chi connectivity index (χ1) is 17.0. The number of amides is 3. The van der Waals surface area contributed by atoms with Gasteiger partial charge in [-0.15, -0.1) is 0 Å². The van der Waals surface area contributed by atoms with Gasteiger partial charge in [0.2, 0.25) is 0 Å². The molecule has 0 saturated carbocycles. The quantitative estimate of drug-likeness (QED) is 0.314. The molecular formula is C28H26N4O3. The number of imidazole rings is 1. The van der Waals surface area contributed by atoms with Crippen molar-refractivity contribution in [3.8, 4) is 0 Å². The summed E-state index contributed by atoms with van der Waals surface area (Å²) in [6.07, 6.45) is 1.33. The maximum absolute atomic E-state index is 12.9. The highest BCUT2D eigenvalue weighted by molar-refractivity contribution is 6.22. The van der Waals surface area contributed by atoms with Gasteiger partial charge in [0, 0.05) is 25.2 Å². The first kappa shape index (κ1) is 22.5. The predicted molar refractivity (Wildman–Crippen MR) is 133 cm³/mol. The number of carbonyl (C=O) groups is 3. The molecule has 7 heteroatoms. The van der Waals surface area contributed by atoms with Gasteiger partial charge in [0.15, 0.2) is 0 Å². The lowest BCUT2D eigenvalue weighted by Crippen LogP contribution is -2.31. The van der Waals surface area contributed by atoms with Gasteiger partial charge in [-0.1, -0.05) is 42.5 Å². The van der Waals surface area contributed by atoms with Crippen LogP contribution < -0.4 is 5.32 Å². The van der Waals surface area contributed by atoms with Crippen molar-refractivity contribution in [3.63, 3.8) is 0 Å². The van der Waals surface area contributed by atoms with Crippen LogP contribution in [0.3, 0.4) is 0 Å². The molecule has 0 aliphatic carbocycles. The van der Waals surface area contributed by atoms with E-state index in [1.807, 2.05) is 61.5 Å². The van der Waals surface area contributed by atoms with Gasteiger partial charge in [0.1, 0.15) is 5.82 Å². The molecule has 3 amide bonds. The fourth-order valence-corrected chi connectivity index (χ4v) is 4.54. The van der Waals surface area contributed by atoms with Gasteiger partial charge in [-0.3, -0.25) is 19.3 Å². The number of aryl methyl sites for hydroxylation is 2. The minimum Gasteiger partial charge on any atom is -0.352 e. The molecule has 0 radical (unpaired) electrons. The summed E-state index contributed by atoms with van der Waals surface area (Å²) in [5, 5.41) is 2.92. The van der Waals surface area contributed by atoms with E-state index in [0.717, 1.165) is 35.4 Å². The van der Waals surface area contributed by atoms with Gasteiger partial charge in [0.05, 0.1) is 22.2 Å². The van der Waals surface area contributed by atoms with E-state index in [-0.39, 0.29) is 23.3 Å². The van der Waals surface area contributed by atoms with Gasteiger partial charge >= 0.3 is 0 Å². The van der Waals surface area contributed by atoms with E-state index in [0.29, 0.717) is 30.6 Å². The molecule has 1 aliphatic rings. The van der Waals surface area contributed by atoms with E-state index in [1.165, 1.54) is 11.0 Å². The molecule has 176 valence electrons. The fraction of sp³-hybridized carbons (Fsp3) is 0.214. The Balaban J connectivity index is 1.19. The predicted octanol–water partition coefficient (Wildman–Crippen LogP) is 4.00. The van der Waals surface area contributed by atoms with Crippen molar-refractivity contribution in [2.45, 2.75) is 26.3 Å². The summed E-state index contributed by atoms with van der Waals surface area (Å²) in [5.74, 6) is 0.0213. The third kappa shape index (κ3) is 4.45. The molecule has 35 heavy (non-hydrogen) atoms. The Morgan fingerprint density at radius 3 is 2.46 bits per heavy atom. The SMILES string of the molecule is Cc1nc2ccccc2n1CCCNC(=O)c1ccc2c(c1)C(=O)N(CCc1ccccc1)C2=O. The lowest BCUT2D eigenvalue weighted by atomic mass is 10.1. The molecule has 5 rings (SSSR count). The third-order valence-electron chi connectivity index (χ3n) is 6.39. The standard InChI is InChI=1S/C28H26N4O3/c1-19-30-24-10-5-6-11-25(24)31(19)16-7-15-29-26(33)21-12-13-22-23(18-21)28(35)32(27(22)34)17-14-20-8-3-2-4-9-20/h2-6,8-13,18H,7,14-17H2,1H3,(H,29,33). The average molecular weight is 467 g/mol. The van der Waals surface area contributed by atoms with E-state index < -0.39 is 0 Å². The highest BCUT2D eigenvalue weighted by atomic mass is 16.2. The van der Waals surface area contributed by atoms with E-state index in [2.05, 4.69) is 14.9 Å². The Bertz CT molecular complexity index is 1420. The van der Waals surface area contributed by atoms with Gasteiger partial charge in [-0.2, -0.15) is 0 Å². The number of carbonyl (C=O) groups excluding carboxylic acids is 3. The molecule has 0 bridgehead atoms. The summed E-state index contributed by atoms with van der Waals surface area (Å²) in [4.78, 5) is 44.2. The number of nitrogens with zero attached hydrogens (tertiary/aromatic N) is 3. The first-order valence-corrected chi connectivity index (χ1v) is 11.8. The number of nitrogens with one attached hydrogen (secondary N) is 1. The van der Waals surface area contributed by atoms with E-state index in [1.54, 1.807) is 12.1 Å². The number of imide groups is 1. The fourth-order valence-electron chi connectivity index (χ4n) is 4.54. The molecule has 3 aromatic carbocycles. The highest BCUT2D eigenvalue weighted by Crippen LogP contribution is 2.24. The van der Waals surface area contributed by atoms with Crippen LogP contribution >= 0.6 is 0 Å². The smallest absolute Gasteiger partial charge is 0.261 e. The normalized spacial score (nSPS) is 12.9. The number of para-hydroxylation sites is 2. The number of fused-ring (bicyclic) bond motifs is 2. The minimum absolute atomic E-state index is 0.261. The molecule has 1 aliphatic heterocycles. The van der Waals surface area contributed by atoms with Crippen LogP contribution in [0.1, 0.15) is 48.9 Å². The Kier molecular flexibility index (Phi) is 6.14. The van der Waals surface area contributed by atoms with Gasteiger partial charge in [-0.25, -0.2) is 4.98 Å². The van der Waals surface area contributed by atoms with Gasteiger partial charge < -0.3 is 9.88 Å². The number of rotatable bonds is 8. The number of hydrogen-bond donors (Lipinski definition) is 1. The number of benzene rings is 3. The van der Waals surface area contributed by atoms with Crippen LogP contribution in [0, 0.1) is 6.92 Å². The first-order valence-electron chi connectivity index (χ1n) is 11.8. The van der Waals surface area contributed by atoms with Crippen LogP contribution in [0.25, 0.3) is 11.0 Å². The molecular weight excluding hydrogens is 440 g/mol. The van der Waals surface area contributed by atoms with E-state index in [9.17, 15) is 14.4 Å². The maximum atomic E-state index is 12.9.